The minimum Gasteiger partial charge on any atom is -0.497 e. The average molecular weight is 741 g/mol. The van der Waals surface area contributed by atoms with Gasteiger partial charge in [0, 0.05) is 27.5 Å². The molecule has 3 aliphatic rings. The van der Waals surface area contributed by atoms with Gasteiger partial charge in [-0.05, 0) is 137 Å². The lowest BCUT2D eigenvalue weighted by atomic mass is 9.52. The van der Waals surface area contributed by atoms with Gasteiger partial charge in [-0.1, -0.05) is 100.0 Å². The molecule has 4 heteroatoms. The Balaban J connectivity index is 1.40. The van der Waals surface area contributed by atoms with Crippen LogP contribution in [0.3, 0.4) is 0 Å². The Hall–Kier alpha value is -5.48. The first-order valence-electron chi connectivity index (χ1n) is 19.9. The zero-order chi connectivity index (χ0) is 39.2. The molecule has 6 aromatic rings. The van der Waals surface area contributed by atoms with Crippen LogP contribution in [0.2, 0.25) is 0 Å². The summed E-state index contributed by atoms with van der Waals surface area (Å²) < 4.78 is 24.6. The fraction of sp³-hybridized carbons (Fsp3) is 0.308. The Kier molecular flexibility index (Phi) is 8.25. The fourth-order valence-electron chi connectivity index (χ4n) is 11.2. The summed E-state index contributed by atoms with van der Waals surface area (Å²) in [6.07, 6.45) is 8.02. The van der Waals surface area contributed by atoms with Gasteiger partial charge in [0.25, 0.3) is 0 Å². The molecule has 1 aliphatic heterocycles. The number of aryl methyl sites for hydroxylation is 2. The smallest absolute Gasteiger partial charge is 0.178 e. The Bertz CT molecular complexity index is 2470. The minimum atomic E-state index is -0.918. The van der Waals surface area contributed by atoms with Crippen molar-refractivity contribution in [2.24, 2.45) is 10.8 Å². The predicted molar refractivity (Wildman–Crippen MR) is 229 cm³/mol. The lowest BCUT2D eigenvalue weighted by molar-refractivity contribution is 0.0641. The summed E-state index contributed by atoms with van der Waals surface area (Å²) in [5, 5.41) is 2.36. The molecule has 0 aromatic heterocycles. The van der Waals surface area contributed by atoms with Crippen LogP contribution < -0.4 is 18.9 Å². The van der Waals surface area contributed by atoms with E-state index < -0.39 is 5.60 Å². The van der Waals surface area contributed by atoms with E-state index in [0.717, 1.165) is 57.9 Å². The minimum absolute atomic E-state index is 0.134. The van der Waals surface area contributed by atoms with Crippen LogP contribution in [0.4, 0.5) is 0 Å². The summed E-state index contributed by atoms with van der Waals surface area (Å²) in [4.78, 5) is 0. The van der Waals surface area contributed by atoms with E-state index in [9.17, 15) is 0 Å². The van der Waals surface area contributed by atoms with E-state index in [1.807, 2.05) is 36.4 Å². The van der Waals surface area contributed by atoms with Crippen LogP contribution in [0, 0.1) is 24.7 Å². The molecule has 4 nitrogen and oxygen atoms in total. The molecule has 6 aromatic carbocycles. The van der Waals surface area contributed by atoms with Gasteiger partial charge in [-0.2, -0.15) is 0 Å². The molecule has 0 bridgehead atoms. The highest BCUT2D eigenvalue weighted by Crippen LogP contribution is 2.67. The second kappa shape index (κ2) is 12.8. The average Bonchev–Trinajstić information content (AvgIpc) is 3.43. The lowest BCUT2D eigenvalue weighted by Crippen LogP contribution is -2.44. The maximum absolute atomic E-state index is 7.82. The normalized spacial score (nSPS) is 17.8. The molecule has 0 saturated heterocycles. The van der Waals surface area contributed by atoms with Crippen LogP contribution in [0.15, 0.2) is 109 Å². The summed E-state index contributed by atoms with van der Waals surface area (Å²) in [5.74, 6) is 3.38. The third kappa shape index (κ3) is 5.55. The van der Waals surface area contributed by atoms with Gasteiger partial charge >= 0.3 is 0 Å². The van der Waals surface area contributed by atoms with Crippen molar-refractivity contribution in [1.82, 2.24) is 0 Å². The van der Waals surface area contributed by atoms with Gasteiger partial charge in [0.15, 0.2) is 5.60 Å². The maximum atomic E-state index is 7.82. The number of fused-ring (bicyclic) bond motifs is 10. The molecule has 1 saturated carbocycles. The van der Waals surface area contributed by atoms with Gasteiger partial charge in [0.05, 0.1) is 21.3 Å². The SMILES string of the molecule is COc1ccc(-c2cc3c4c(c5c(c3cc2C)-c2ccc(C)cc2C52CC(C)(C)CC(C)(C)C2)C=CC(c2ccc(OC)cc2)(c2ccc(OC)cc2)O4)cc1. The standard InChI is InChI=1S/C52H52O4/c1-32-10-23-40-45(26-32)51(30-49(3,4)29-50(5,6)31-51)47-41-24-25-52(35-13-19-38(54-8)20-14-35,36-15-21-39(55-9)22-16-36)56-48(41)44-28-42(33(2)27-43(44)46(40)47)34-11-17-37(53-7)18-12-34/h10-28H,29-31H2,1-9H3. The topological polar surface area (TPSA) is 36.9 Å². The van der Waals surface area contributed by atoms with Crippen molar-refractivity contribution in [2.45, 2.75) is 71.8 Å². The summed E-state index contributed by atoms with van der Waals surface area (Å²) in [6.45, 7) is 14.4. The highest BCUT2D eigenvalue weighted by atomic mass is 16.5. The first-order chi connectivity index (χ1) is 26.8. The zero-order valence-electron chi connectivity index (χ0n) is 34.2. The van der Waals surface area contributed by atoms with Crippen LogP contribution in [0.5, 0.6) is 23.0 Å². The summed E-state index contributed by atoms with van der Waals surface area (Å²) in [5.41, 5.74) is 12.9. The Morgan fingerprint density at radius 2 is 1.12 bits per heavy atom. The van der Waals surface area contributed by atoms with Crippen molar-refractivity contribution in [1.29, 1.82) is 0 Å². The molecule has 0 N–H and O–H groups in total. The van der Waals surface area contributed by atoms with Gasteiger partial charge in [-0.15, -0.1) is 0 Å². The van der Waals surface area contributed by atoms with E-state index in [2.05, 4.69) is 120 Å². The van der Waals surface area contributed by atoms with Crippen LogP contribution >= 0.6 is 0 Å². The Labute approximate surface area is 332 Å². The zero-order valence-corrected chi connectivity index (χ0v) is 34.2. The first-order valence-corrected chi connectivity index (χ1v) is 19.9. The van der Waals surface area contributed by atoms with E-state index >= 15 is 0 Å². The van der Waals surface area contributed by atoms with E-state index in [0.29, 0.717) is 0 Å². The molecule has 56 heavy (non-hydrogen) atoms. The fourth-order valence-corrected chi connectivity index (χ4v) is 11.2. The number of benzene rings is 6. The van der Waals surface area contributed by atoms with Gasteiger partial charge < -0.3 is 18.9 Å². The largest absolute Gasteiger partial charge is 0.497 e. The van der Waals surface area contributed by atoms with Crippen LogP contribution in [-0.2, 0) is 11.0 Å². The molecule has 284 valence electrons. The Morgan fingerprint density at radius 3 is 1.68 bits per heavy atom. The van der Waals surface area contributed by atoms with Crippen molar-refractivity contribution in [2.75, 3.05) is 21.3 Å². The molecule has 1 spiro atoms. The lowest BCUT2D eigenvalue weighted by Gasteiger charge is -2.52. The second-order valence-corrected chi connectivity index (χ2v) is 18.1. The van der Waals surface area contributed by atoms with Gasteiger partial charge in [0.1, 0.15) is 23.0 Å². The van der Waals surface area contributed by atoms with E-state index in [1.54, 1.807) is 21.3 Å². The van der Waals surface area contributed by atoms with Gasteiger partial charge in [-0.25, -0.2) is 0 Å². The molecular formula is C52H52O4. The van der Waals surface area contributed by atoms with Crippen LogP contribution in [0.1, 0.15) is 85.9 Å². The van der Waals surface area contributed by atoms with E-state index in [1.165, 1.54) is 56.3 Å². The molecule has 0 unspecified atom stereocenters. The van der Waals surface area contributed by atoms with Crippen molar-refractivity contribution >= 4 is 16.8 Å². The van der Waals surface area contributed by atoms with Crippen LogP contribution in [0.25, 0.3) is 39.1 Å². The predicted octanol–water partition coefficient (Wildman–Crippen LogP) is 13.0. The van der Waals surface area contributed by atoms with E-state index in [4.69, 9.17) is 18.9 Å². The summed E-state index contributed by atoms with van der Waals surface area (Å²) >= 11 is 0. The maximum Gasteiger partial charge on any atom is 0.178 e. The number of hydrogen-bond donors (Lipinski definition) is 0. The molecule has 9 rings (SSSR count). The highest BCUT2D eigenvalue weighted by molar-refractivity contribution is 6.10. The van der Waals surface area contributed by atoms with Crippen molar-refractivity contribution in [3.05, 3.63) is 148 Å². The third-order valence-corrected chi connectivity index (χ3v) is 12.8. The quantitative estimate of drug-likeness (QED) is 0.170. The number of hydrogen-bond acceptors (Lipinski definition) is 4. The molecule has 0 atom stereocenters. The van der Waals surface area contributed by atoms with Gasteiger partial charge in [-0.3, -0.25) is 0 Å². The van der Waals surface area contributed by atoms with E-state index in [-0.39, 0.29) is 16.2 Å². The van der Waals surface area contributed by atoms with Crippen molar-refractivity contribution < 1.29 is 18.9 Å². The highest BCUT2D eigenvalue weighted by Gasteiger charge is 2.55. The second-order valence-electron chi connectivity index (χ2n) is 18.1. The Morgan fingerprint density at radius 1 is 0.571 bits per heavy atom. The molecular weight excluding hydrogens is 689 g/mol. The number of ether oxygens (including phenoxy) is 4. The summed E-state index contributed by atoms with van der Waals surface area (Å²) in [6, 6.07) is 37.1. The molecule has 0 amide bonds. The van der Waals surface area contributed by atoms with Gasteiger partial charge in [0.2, 0.25) is 0 Å². The first kappa shape index (κ1) is 36.2. The van der Waals surface area contributed by atoms with Crippen LogP contribution in [-0.4, -0.2) is 21.3 Å². The van der Waals surface area contributed by atoms with Crippen molar-refractivity contribution in [3.63, 3.8) is 0 Å². The molecule has 0 radical (unpaired) electrons. The third-order valence-electron chi connectivity index (χ3n) is 12.8. The van der Waals surface area contributed by atoms with Crippen molar-refractivity contribution in [3.8, 4) is 45.3 Å². The molecule has 2 aliphatic carbocycles. The number of rotatable bonds is 6. The number of methoxy groups -OCH3 is 3. The summed E-state index contributed by atoms with van der Waals surface area (Å²) in [7, 11) is 5.13. The molecule has 1 heterocycles. The monoisotopic (exact) mass is 740 g/mol. The molecule has 1 fully saturated rings.